The molecule has 82 valence electrons. The summed E-state index contributed by atoms with van der Waals surface area (Å²) in [6.07, 6.45) is 0. The lowest BCUT2D eigenvalue weighted by Gasteiger charge is -2.28. The standard InChI is InChI=1S/C10H13NO3S/c12-15(13)10-3-1-9(2-4-10)11-5-7-14-8-6-11/h1-4H,5-8H2,(H,12,13). The Hall–Kier alpha value is -0.910. The zero-order valence-corrected chi connectivity index (χ0v) is 9.07. The number of ether oxygens (including phenoxy) is 1. The summed E-state index contributed by atoms with van der Waals surface area (Å²) >= 11 is -1.89. The molecule has 1 saturated heterocycles. The van der Waals surface area contributed by atoms with Crippen LogP contribution in [-0.4, -0.2) is 35.1 Å². The Balaban J connectivity index is 2.11. The molecule has 4 nitrogen and oxygen atoms in total. The van der Waals surface area contributed by atoms with Crippen LogP contribution in [0.25, 0.3) is 0 Å². The van der Waals surface area contributed by atoms with Crippen LogP contribution in [0, 0.1) is 0 Å². The van der Waals surface area contributed by atoms with Crippen molar-refractivity contribution in [1.29, 1.82) is 0 Å². The summed E-state index contributed by atoms with van der Waals surface area (Å²) in [5.74, 6) is 0. The van der Waals surface area contributed by atoms with Gasteiger partial charge in [-0.3, -0.25) is 0 Å². The molecular weight excluding hydrogens is 214 g/mol. The molecule has 1 aromatic rings. The first-order valence-corrected chi connectivity index (χ1v) is 5.91. The normalized spacial score (nSPS) is 18.9. The summed E-state index contributed by atoms with van der Waals surface area (Å²) in [5.41, 5.74) is 1.08. The first kappa shape index (κ1) is 10.6. The van der Waals surface area contributed by atoms with E-state index in [4.69, 9.17) is 9.29 Å². The van der Waals surface area contributed by atoms with E-state index in [1.165, 1.54) is 0 Å². The van der Waals surface area contributed by atoms with E-state index >= 15 is 0 Å². The fourth-order valence-corrected chi connectivity index (χ4v) is 1.96. The van der Waals surface area contributed by atoms with Gasteiger partial charge in [0.15, 0.2) is 11.1 Å². The fraction of sp³-hybridized carbons (Fsp3) is 0.400. The quantitative estimate of drug-likeness (QED) is 0.769. The third-order valence-electron chi connectivity index (χ3n) is 2.41. The number of hydrogen-bond acceptors (Lipinski definition) is 3. The van der Waals surface area contributed by atoms with Crippen LogP contribution in [0.1, 0.15) is 0 Å². The van der Waals surface area contributed by atoms with Gasteiger partial charge in [-0.15, -0.1) is 0 Å². The number of benzene rings is 1. The summed E-state index contributed by atoms with van der Waals surface area (Å²) in [5, 5.41) is 0. The van der Waals surface area contributed by atoms with E-state index in [0.29, 0.717) is 4.90 Å². The second-order valence-corrected chi connectivity index (χ2v) is 4.31. The number of hydrogen-bond donors (Lipinski definition) is 1. The minimum Gasteiger partial charge on any atom is -0.378 e. The molecule has 0 aromatic heterocycles. The molecule has 15 heavy (non-hydrogen) atoms. The minimum atomic E-state index is -1.89. The van der Waals surface area contributed by atoms with Gasteiger partial charge in [0.2, 0.25) is 0 Å². The molecule has 1 aliphatic rings. The van der Waals surface area contributed by atoms with E-state index in [0.717, 1.165) is 32.0 Å². The Morgan fingerprint density at radius 3 is 2.33 bits per heavy atom. The third kappa shape index (κ3) is 2.56. The van der Waals surface area contributed by atoms with Gasteiger partial charge >= 0.3 is 0 Å². The van der Waals surface area contributed by atoms with Crippen LogP contribution in [0.4, 0.5) is 5.69 Å². The average molecular weight is 227 g/mol. The van der Waals surface area contributed by atoms with Crippen molar-refractivity contribution in [2.24, 2.45) is 0 Å². The zero-order chi connectivity index (χ0) is 10.7. The van der Waals surface area contributed by atoms with Gasteiger partial charge in [-0.05, 0) is 24.3 Å². The largest absolute Gasteiger partial charge is 0.378 e. The van der Waals surface area contributed by atoms with Crippen LogP contribution in [0.15, 0.2) is 29.2 Å². The lowest BCUT2D eigenvalue weighted by atomic mass is 10.2. The molecule has 0 spiro atoms. The SMILES string of the molecule is O=S(O)c1ccc(N2CCOCC2)cc1. The maximum absolute atomic E-state index is 10.8. The molecule has 0 bridgehead atoms. The molecule has 0 amide bonds. The first-order chi connectivity index (χ1) is 7.27. The number of morpholine rings is 1. The predicted octanol–water partition coefficient (Wildman–Crippen LogP) is 1.10. The van der Waals surface area contributed by atoms with E-state index in [9.17, 15) is 4.21 Å². The average Bonchev–Trinajstić information content (AvgIpc) is 2.30. The van der Waals surface area contributed by atoms with Gasteiger partial charge in [-0.25, -0.2) is 4.21 Å². The van der Waals surface area contributed by atoms with Crippen LogP contribution in [-0.2, 0) is 15.8 Å². The Morgan fingerprint density at radius 2 is 1.80 bits per heavy atom. The van der Waals surface area contributed by atoms with Gasteiger partial charge in [0, 0.05) is 18.8 Å². The van der Waals surface area contributed by atoms with Crippen molar-refractivity contribution in [3.05, 3.63) is 24.3 Å². The highest BCUT2D eigenvalue weighted by molar-refractivity contribution is 7.79. The summed E-state index contributed by atoms with van der Waals surface area (Å²) in [6.45, 7) is 3.24. The van der Waals surface area contributed by atoms with Gasteiger partial charge in [-0.2, -0.15) is 0 Å². The van der Waals surface area contributed by atoms with E-state index in [1.807, 2.05) is 12.1 Å². The smallest absolute Gasteiger partial charge is 0.186 e. The van der Waals surface area contributed by atoms with Crippen molar-refractivity contribution >= 4 is 16.8 Å². The van der Waals surface area contributed by atoms with Gasteiger partial charge in [-0.1, -0.05) is 0 Å². The molecular formula is C10H13NO3S. The van der Waals surface area contributed by atoms with Crippen molar-refractivity contribution < 1.29 is 13.5 Å². The highest BCUT2D eigenvalue weighted by Crippen LogP contribution is 2.17. The highest BCUT2D eigenvalue weighted by Gasteiger charge is 2.11. The van der Waals surface area contributed by atoms with Crippen molar-refractivity contribution in [2.75, 3.05) is 31.2 Å². The summed E-state index contributed by atoms with van der Waals surface area (Å²) in [4.78, 5) is 2.64. The van der Waals surface area contributed by atoms with Crippen LogP contribution in [0.2, 0.25) is 0 Å². The van der Waals surface area contributed by atoms with E-state index < -0.39 is 11.1 Å². The van der Waals surface area contributed by atoms with Crippen molar-refractivity contribution in [1.82, 2.24) is 0 Å². The topological polar surface area (TPSA) is 49.8 Å². The van der Waals surface area contributed by atoms with Gasteiger partial charge < -0.3 is 14.2 Å². The molecule has 5 heteroatoms. The molecule has 1 atom stereocenters. The Morgan fingerprint density at radius 1 is 1.20 bits per heavy atom. The summed E-state index contributed by atoms with van der Waals surface area (Å²) in [7, 11) is 0. The molecule has 1 unspecified atom stereocenters. The number of nitrogens with zero attached hydrogens (tertiary/aromatic N) is 1. The second kappa shape index (κ2) is 4.74. The lowest BCUT2D eigenvalue weighted by Crippen LogP contribution is -2.36. The number of anilines is 1. The minimum absolute atomic E-state index is 0.437. The van der Waals surface area contributed by atoms with Crippen LogP contribution >= 0.6 is 0 Å². The Bertz CT molecular complexity index is 346. The Kier molecular flexibility index (Phi) is 3.35. The summed E-state index contributed by atoms with van der Waals surface area (Å²) in [6, 6.07) is 7.10. The van der Waals surface area contributed by atoms with Gasteiger partial charge in [0.25, 0.3) is 0 Å². The molecule has 1 aliphatic heterocycles. The maximum Gasteiger partial charge on any atom is 0.186 e. The van der Waals surface area contributed by atoms with Crippen LogP contribution < -0.4 is 4.90 Å². The first-order valence-electron chi connectivity index (χ1n) is 4.81. The summed E-state index contributed by atoms with van der Waals surface area (Å²) < 4.78 is 24.9. The van der Waals surface area contributed by atoms with E-state index in [-0.39, 0.29) is 0 Å². The second-order valence-electron chi connectivity index (χ2n) is 3.34. The zero-order valence-electron chi connectivity index (χ0n) is 8.26. The van der Waals surface area contributed by atoms with E-state index in [2.05, 4.69) is 4.90 Å². The van der Waals surface area contributed by atoms with Gasteiger partial charge in [0.05, 0.1) is 18.1 Å². The molecule has 1 N–H and O–H groups in total. The van der Waals surface area contributed by atoms with Crippen LogP contribution in [0.5, 0.6) is 0 Å². The molecule has 1 aromatic carbocycles. The molecule has 1 heterocycles. The van der Waals surface area contributed by atoms with Crippen molar-refractivity contribution in [3.63, 3.8) is 0 Å². The molecule has 0 radical (unpaired) electrons. The lowest BCUT2D eigenvalue weighted by molar-refractivity contribution is 0.122. The predicted molar refractivity (Wildman–Crippen MR) is 58.5 cm³/mol. The monoisotopic (exact) mass is 227 g/mol. The molecule has 0 aliphatic carbocycles. The maximum atomic E-state index is 10.8. The van der Waals surface area contributed by atoms with E-state index in [1.54, 1.807) is 12.1 Å². The van der Waals surface area contributed by atoms with Crippen LogP contribution in [0.3, 0.4) is 0 Å². The molecule has 1 fully saturated rings. The Labute approximate surface area is 91.1 Å². The molecule has 0 saturated carbocycles. The third-order valence-corrected chi connectivity index (χ3v) is 3.09. The highest BCUT2D eigenvalue weighted by atomic mass is 32.2. The van der Waals surface area contributed by atoms with Gasteiger partial charge in [0.1, 0.15) is 0 Å². The number of rotatable bonds is 2. The van der Waals surface area contributed by atoms with Crippen molar-refractivity contribution in [2.45, 2.75) is 4.90 Å². The molecule has 2 rings (SSSR count). The fourth-order valence-electron chi connectivity index (χ4n) is 1.59. The van der Waals surface area contributed by atoms with Crippen molar-refractivity contribution in [3.8, 4) is 0 Å².